The maximum absolute atomic E-state index is 12.0. The molecule has 0 aliphatic carbocycles. The monoisotopic (exact) mass is 442 g/mol. The molecule has 3 rings (SSSR count). The number of ether oxygens (including phenoxy) is 1. The summed E-state index contributed by atoms with van der Waals surface area (Å²) in [7, 11) is 0. The highest BCUT2D eigenvalue weighted by atomic mass is 16.6. The van der Waals surface area contributed by atoms with Crippen LogP contribution in [0, 0.1) is 16.0 Å². The van der Waals surface area contributed by atoms with Gasteiger partial charge in [0.05, 0.1) is 17.4 Å². The zero-order valence-corrected chi connectivity index (χ0v) is 18.2. The van der Waals surface area contributed by atoms with E-state index in [1.54, 1.807) is 6.92 Å². The molecule has 32 heavy (non-hydrogen) atoms. The van der Waals surface area contributed by atoms with E-state index in [2.05, 4.69) is 16.9 Å². The van der Waals surface area contributed by atoms with E-state index in [4.69, 9.17) is 14.3 Å². The summed E-state index contributed by atoms with van der Waals surface area (Å²) in [5.41, 5.74) is 2.11. The van der Waals surface area contributed by atoms with Crippen molar-refractivity contribution >= 4 is 23.6 Å². The van der Waals surface area contributed by atoms with Crippen LogP contribution in [-0.2, 0) is 25.5 Å². The van der Waals surface area contributed by atoms with Crippen LogP contribution in [0.3, 0.4) is 0 Å². The van der Waals surface area contributed by atoms with Gasteiger partial charge in [0.15, 0.2) is 5.69 Å². The normalized spacial score (nSPS) is 13.5. The first kappa shape index (κ1) is 24.6. The lowest BCUT2D eigenvalue weighted by atomic mass is 9.97. The summed E-state index contributed by atoms with van der Waals surface area (Å²) in [5.74, 6) is -0.0604. The minimum absolute atomic E-state index is 0.0923. The number of carbonyl (C=O) groups excluding carboxylic acids is 3. The molecule has 10 nitrogen and oxygen atoms in total. The van der Waals surface area contributed by atoms with E-state index in [0.29, 0.717) is 49.6 Å². The number of hydrogen-bond donors (Lipinski definition) is 0. The van der Waals surface area contributed by atoms with Crippen molar-refractivity contribution in [2.75, 3.05) is 24.6 Å². The van der Waals surface area contributed by atoms with Gasteiger partial charge in [-0.25, -0.2) is 9.97 Å². The summed E-state index contributed by atoms with van der Waals surface area (Å²) in [6.45, 7) is 5.28. The Balaban J connectivity index is 0.00000114. The van der Waals surface area contributed by atoms with Crippen LogP contribution >= 0.6 is 0 Å². The molecule has 0 radical (unpaired) electrons. The zero-order chi connectivity index (χ0) is 23.5. The Morgan fingerprint density at radius 2 is 1.81 bits per heavy atom. The molecule has 0 bridgehead atoms. The van der Waals surface area contributed by atoms with Crippen molar-refractivity contribution in [3.63, 3.8) is 0 Å². The lowest BCUT2D eigenvalue weighted by Gasteiger charge is -2.31. The van der Waals surface area contributed by atoms with Gasteiger partial charge in [-0.05, 0) is 31.7 Å². The van der Waals surface area contributed by atoms with Gasteiger partial charge >= 0.3 is 17.8 Å². The highest BCUT2D eigenvalue weighted by Crippen LogP contribution is 2.36. The van der Waals surface area contributed by atoms with Crippen molar-refractivity contribution in [1.82, 2.24) is 9.97 Å². The molecule has 0 N–H and O–H groups in total. The number of benzene rings is 1. The SMILES string of the molecule is CCCc1ccc(-c2ncnc(N3CCC(C(=O)OCC)CC3)c2[N+](=O)[O-])cc1.O=C=O. The smallest absolute Gasteiger partial charge is 0.373 e. The third-order valence-electron chi connectivity index (χ3n) is 5.17. The van der Waals surface area contributed by atoms with Crippen molar-refractivity contribution in [2.24, 2.45) is 5.92 Å². The zero-order valence-electron chi connectivity index (χ0n) is 18.2. The molecule has 0 unspecified atom stereocenters. The summed E-state index contributed by atoms with van der Waals surface area (Å²) in [6.07, 6.45) is 4.79. The molecular formula is C22H26N4O6. The van der Waals surface area contributed by atoms with Gasteiger partial charge in [0.1, 0.15) is 6.33 Å². The number of piperidine rings is 1. The van der Waals surface area contributed by atoms with Crippen LogP contribution in [0.1, 0.15) is 38.7 Å². The molecular weight excluding hydrogens is 416 g/mol. The van der Waals surface area contributed by atoms with E-state index in [-0.39, 0.29) is 23.7 Å². The number of nitro groups is 1. The van der Waals surface area contributed by atoms with E-state index in [0.717, 1.165) is 12.8 Å². The van der Waals surface area contributed by atoms with Crippen LogP contribution in [0.4, 0.5) is 11.5 Å². The maximum Gasteiger partial charge on any atom is 0.373 e. The number of rotatable bonds is 7. The highest BCUT2D eigenvalue weighted by Gasteiger charge is 2.32. The van der Waals surface area contributed by atoms with Gasteiger partial charge in [0.2, 0.25) is 5.82 Å². The fraction of sp³-hybridized carbons (Fsp3) is 0.455. The second-order valence-corrected chi connectivity index (χ2v) is 7.20. The van der Waals surface area contributed by atoms with Crippen molar-refractivity contribution < 1.29 is 24.0 Å². The minimum Gasteiger partial charge on any atom is -0.466 e. The Kier molecular flexibility index (Phi) is 9.43. The third-order valence-corrected chi connectivity index (χ3v) is 5.17. The topological polar surface area (TPSA) is 133 Å². The molecule has 1 fully saturated rings. The Bertz CT molecular complexity index is 949. The fourth-order valence-corrected chi connectivity index (χ4v) is 3.69. The molecule has 0 saturated carbocycles. The molecule has 0 atom stereocenters. The van der Waals surface area contributed by atoms with Crippen LogP contribution in [-0.4, -0.2) is 46.7 Å². The molecule has 170 valence electrons. The lowest BCUT2D eigenvalue weighted by molar-refractivity contribution is -0.383. The quantitative estimate of drug-likeness (QED) is 0.360. The van der Waals surface area contributed by atoms with E-state index in [1.165, 1.54) is 11.9 Å². The summed E-state index contributed by atoms with van der Waals surface area (Å²) in [4.78, 5) is 50.0. The number of anilines is 1. The van der Waals surface area contributed by atoms with E-state index < -0.39 is 4.92 Å². The summed E-state index contributed by atoms with van der Waals surface area (Å²) >= 11 is 0. The molecule has 1 aromatic carbocycles. The summed E-state index contributed by atoms with van der Waals surface area (Å²) in [5, 5.41) is 11.9. The number of nitrogens with zero attached hydrogens (tertiary/aromatic N) is 4. The molecule has 0 spiro atoms. The average Bonchev–Trinajstić information content (AvgIpc) is 2.80. The first-order chi connectivity index (χ1) is 15.5. The van der Waals surface area contributed by atoms with E-state index in [9.17, 15) is 14.9 Å². The first-order valence-electron chi connectivity index (χ1n) is 10.5. The maximum atomic E-state index is 12.0. The van der Waals surface area contributed by atoms with Crippen molar-refractivity contribution in [2.45, 2.75) is 39.5 Å². The van der Waals surface area contributed by atoms with Crippen molar-refractivity contribution in [3.8, 4) is 11.3 Å². The number of aromatic nitrogens is 2. The van der Waals surface area contributed by atoms with Crippen molar-refractivity contribution in [3.05, 3.63) is 46.3 Å². The van der Waals surface area contributed by atoms with Gasteiger partial charge in [-0.3, -0.25) is 14.9 Å². The Morgan fingerprint density at radius 1 is 1.19 bits per heavy atom. The van der Waals surface area contributed by atoms with E-state index in [1.807, 2.05) is 29.2 Å². The molecule has 1 aromatic heterocycles. The van der Waals surface area contributed by atoms with Gasteiger partial charge in [-0.15, -0.1) is 0 Å². The molecule has 1 aliphatic heterocycles. The Labute approximate surface area is 185 Å². The number of esters is 1. The Morgan fingerprint density at radius 3 is 2.34 bits per heavy atom. The fourth-order valence-electron chi connectivity index (χ4n) is 3.69. The third kappa shape index (κ3) is 6.18. The van der Waals surface area contributed by atoms with Gasteiger partial charge in [0.25, 0.3) is 0 Å². The molecule has 2 heterocycles. The summed E-state index contributed by atoms with van der Waals surface area (Å²) < 4.78 is 5.10. The number of carbonyl (C=O) groups is 1. The van der Waals surface area contributed by atoms with Gasteiger partial charge < -0.3 is 9.64 Å². The van der Waals surface area contributed by atoms with Crippen LogP contribution in [0.15, 0.2) is 30.6 Å². The van der Waals surface area contributed by atoms with Crippen LogP contribution in [0.2, 0.25) is 0 Å². The van der Waals surface area contributed by atoms with Crippen LogP contribution in [0.25, 0.3) is 11.3 Å². The van der Waals surface area contributed by atoms with Gasteiger partial charge in [-0.1, -0.05) is 37.6 Å². The van der Waals surface area contributed by atoms with Gasteiger partial charge in [0, 0.05) is 18.7 Å². The first-order valence-corrected chi connectivity index (χ1v) is 10.5. The minimum atomic E-state index is -0.415. The molecule has 1 aliphatic rings. The second-order valence-electron chi connectivity index (χ2n) is 7.20. The largest absolute Gasteiger partial charge is 0.466 e. The van der Waals surface area contributed by atoms with Crippen LogP contribution in [0.5, 0.6) is 0 Å². The highest BCUT2D eigenvalue weighted by molar-refractivity contribution is 5.78. The van der Waals surface area contributed by atoms with Crippen molar-refractivity contribution in [1.29, 1.82) is 0 Å². The van der Waals surface area contributed by atoms with Crippen LogP contribution < -0.4 is 4.90 Å². The molecule has 1 saturated heterocycles. The molecule has 2 aromatic rings. The predicted octanol–water partition coefficient (Wildman–Crippen LogP) is 3.20. The number of hydrogen-bond acceptors (Lipinski definition) is 9. The predicted molar refractivity (Wildman–Crippen MR) is 115 cm³/mol. The molecule has 0 amide bonds. The number of aryl methyl sites for hydroxylation is 1. The standard InChI is InChI=1S/C21H26N4O4.CO2/c1-3-5-15-6-8-16(9-7-15)18-19(25(27)28)20(23-14-22-18)24-12-10-17(11-13-24)21(26)29-4-2;2-1-3/h6-9,14,17H,3-5,10-13H2,1-2H3;. The van der Waals surface area contributed by atoms with E-state index >= 15 is 0 Å². The molecule has 10 heteroatoms. The Hall–Kier alpha value is -3.65. The average molecular weight is 442 g/mol. The lowest BCUT2D eigenvalue weighted by Crippen LogP contribution is -2.37. The second kappa shape index (κ2) is 12.3. The summed E-state index contributed by atoms with van der Waals surface area (Å²) in [6, 6.07) is 7.71. The van der Waals surface area contributed by atoms with Gasteiger partial charge in [-0.2, -0.15) is 9.59 Å².